The van der Waals surface area contributed by atoms with Crippen LogP contribution in [-0.2, 0) is 0 Å². The van der Waals surface area contributed by atoms with Gasteiger partial charge in [0.05, 0.1) is 6.04 Å². The van der Waals surface area contributed by atoms with Gasteiger partial charge >= 0.3 is 0 Å². The van der Waals surface area contributed by atoms with E-state index in [-0.39, 0.29) is 12.0 Å². The summed E-state index contributed by atoms with van der Waals surface area (Å²) in [5, 5.41) is 11.4. The zero-order valence-corrected chi connectivity index (χ0v) is 11.6. The summed E-state index contributed by atoms with van der Waals surface area (Å²) in [6.07, 6.45) is 3.40. The molecule has 8 heteroatoms. The number of thiophene rings is 1. The Morgan fingerprint density at radius 2 is 2.25 bits per heavy atom. The molecule has 1 unspecified atom stereocenters. The van der Waals surface area contributed by atoms with E-state index in [1.54, 1.807) is 34.5 Å². The van der Waals surface area contributed by atoms with Crippen molar-refractivity contribution in [2.24, 2.45) is 0 Å². The number of rotatable bonds is 4. The Hall–Kier alpha value is -2.48. The molecule has 20 heavy (non-hydrogen) atoms. The normalized spacial score (nSPS) is 12.2. The molecule has 3 rings (SSSR count). The average molecular weight is 287 g/mol. The molecule has 3 aromatic rings. The second kappa shape index (κ2) is 5.25. The highest BCUT2D eigenvalue weighted by Gasteiger charge is 2.10. The highest BCUT2D eigenvalue weighted by molar-refractivity contribution is 7.07. The van der Waals surface area contributed by atoms with Gasteiger partial charge in [0.1, 0.15) is 0 Å². The molecule has 7 nitrogen and oxygen atoms in total. The third-order valence-electron chi connectivity index (χ3n) is 2.74. The fourth-order valence-electron chi connectivity index (χ4n) is 1.73. The number of anilines is 2. The molecule has 0 amide bonds. The Morgan fingerprint density at radius 3 is 2.95 bits per heavy atom. The molecule has 0 aliphatic rings. The first-order valence-corrected chi connectivity index (χ1v) is 6.97. The van der Waals surface area contributed by atoms with E-state index in [1.807, 2.05) is 12.3 Å². The Kier molecular flexibility index (Phi) is 3.30. The summed E-state index contributed by atoms with van der Waals surface area (Å²) in [5.41, 5.74) is 6.89. The van der Waals surface area contributed by atoms with Gasteiger partial charge < -0.3 is 11.1 Å². The Labute approximate surface area is 119 Å². The smallest absolute Gasteiger partial charge is 0.257 e. The lowest BCUT2D eigenvalue weighted by atomic mass is 10.2. The van der Waals surface area contributed by atoms with E-state index in [4.69, 9.17) is 5.73 Å². The van der Waals surface area contributed by atoms with Crippen molar-refractivity contribution in [2.45, 2.75) is 13.0 Å². The fourth-order valence-corrected chi connectivity index (χ4v) is 2.49. The van der Waals surface area contributed by atoms with E-state index in [9.17, 15) is 0 Å². The number of hydrogen-bond donors (Lipinski definition) is 2. The monoisotopic (exact) mass is 287 g/mol. The standard InChI is InChI=1S/C12H13N7S/c1-8(9-3-6-20-7-9)15-11-16-10(13)17-12(18-11)19-5-2-4-14-19/h2-8H,1H3,(H3,13,15,16,17,18). The van der Waals surface area contributed by atoms with Gasteiger partial charge in [0.15, 0.2) is 0 Å². The maximum absolute atomic E-state index is 5.72. The maximum Gasteiger partial charge on any atom is 0.257 e. The lowest BCUT2D eigenvalue weighted by Gasteiger charge is -2.13. The van der Waals surface area contributed by atoms with E-state index in [0.29, 0.717) is 11.9 Å². The number of nitrogens with one attached hydrogen (secondary N) is 1. The molecule has 0 spiro atoms. The van der Waals surface area contributed by atoms with Crippen LogP contribution in [0.2, 0.25) is 0 Å². The lowest BCUT2D eigenvalue weighted by Crippen LogP contribution is -2.13. The molecule has 0 aliphatic carbocycles. The van der Waals surface area contributed by atoms with Gasteiger partial charge in [0, 0.05) is 12.4 Å². The summed E-state index contributed by atoms with van der Waals surface area (Å²) >= 11 is 1.65. The minimum Gasteiger partial charge on any atom is -0.368 e. The molecule has 0 aromatic carbocycles. The van der Waals surface area contributed by atoms with Crippen LogP contribution in [0.25, 0.3) is 5.95 Å². The quantitative estimate of drug-likeness (QED) is 0.760. The van der Waals surface area contributed by atoms with Crippen LogP contribution in [0.15, 0.2) is 35.3 Å². The topological polar surface area (TPSA) is 94.5 Å². The molecule has 0 aliphatic heterocycles. The number of nitrogens with two attached hydrogens (primary N) is 1. The summed E-state index contributed by atoms with van der Waals surface area (Å²) in [5.74, 6) is 0.981. The fraction of sp³-hybridized carbons (Fsp3) is 0.167. The van der Waals surface area contributed by atoms with Gasteiger partial charge in [-0.05, 0) is 35.4 Å². The van der Waals surface area contributed by atoms with Crippen molar-refractivity contribution in [3.63, 3.8) is 0 Å². The van der Waals surface area contributed by atoms with Crippen molar-refractivity contribution in [3.8, 4) is 5.95 Å². The molecular formula is C12H13N7S. The van der Waals surface area contributed by atoms with E-state index in [0.717, 1.165) is 0 Å². The zero-order chi connectivity index (χ0) is 13.9. The largest absolute Gasteiger partial charge is 0.368 e. The first-order valence-electron chi connectivity index (χ1n) is 6.02. The average Bonchev–Trinajstić information content (AvgIpc) is 3.12. The molecule has 0 saturated carbocycles. The SMILES string of the molecule is CC(Nc1nc(N)nc(-n2cccn2)n1)c1ccsc1. The van der Waals surface area contributed by atoms with Crippen LogP contribution in [0.3, 0.4) is 0 Å². The second-order valence-corrected chi connectivity index (χ2v) is 4.97. The van der Waals surface area contributed by atoms with E-state index >= 15 is 0 Å². The molecule has 3 N–H and O–H groups in total. The van der Waals surface area contributed by atoms with Crippen molar-refractivity contribution in [1.29, 1.82) is 0 Å². The highest BCUT2D eigenvalue weighted by Crippen LogP contribution is 2.19. The molecule has 1 atom stereocenters. The van der Waals surface area contributed by atoms with Crippen LogP contribution in [0.5, 0.6) is 0 Å². The van der Waals surface area contributed by atoms with Gasteiger partial charge in [-0.1, -0.05) is 0 Å². The van der Waals surface area contributed by atoms with E-state index in [1.165, 1.54) is 5.56 Å². The van der Waals surface area contributed by atoms with Crippen molar-refractivity contribution in [3.05, 3.63) is 40.8 Å². The maximum atomic E-state index is 5.72. The van der Waals surface area contributed by atoms with Gasteiger partial charge in [-0.25, -0.2) is 4.68 Å². The third-order valence-corrected chi connectivity index (χ3v) is 3.44. The zero-order valence-electron chi connectivity index (χ0n) is 10.8. The molecule has 102 valence electrons. The van der Waals surface area contributed by atoms with Crippen LogP contribution < -0.4 is 11.1 Å². The number of nitrogen functional groups attached to an aromatic ring is 1. The number of hydrogen-bond acceptors (Lipinski definition) is 7. The number of aromatic nitrogens is 5. The van der Waals surface area contributed by atoms with Crippen molar-refractivity contribution in [1.82, 2.24) is 24.7 Å². The molecule has 0 fully saturated rings. The Balaban J connectivity index is 1.87. The molecule has 3 aromatic heterocycles. The summed E-state index contributed by atoms with van der Waals surface area (Å²) in [6, 6.07) is 3.94. The van der Waals surface area contributed by atoms with Crippen molar-refractivity contribution in [2.75, 3.05) is 11.1 Å². The predicted octanol–water partition coefficient (Wildman–Crippen LogP) is 1.87. The van der Waals surface area contributed by atoms with Crippen LogP contribution in [-0.4, -0.2) is 24.7 Å². The van der Waals surface area contributed by atoms with Crippen molar-refractivity contribution < 1.29 is 0 Å². The molecule has 0 saturated heterocycles. The van der Waals surface area contributed by atoms with E-state index in [2.05, 4.69) is 36.8 Å². The minimum absolute atomic E-state index is 0.0912. The summed E-state index contributed by atoms with van der Waals surface area (Å²) in [6.45, 7) is 2.04. The third kappa shape index (κ3) is 2.59. The van der Waals surface area contributed by atoms with Gasteiger partial charge in [0.2, 0.25) is 11.9 Å². The van der Waals surface area contributed by atoms with E-state index < -0.39 is 0 Å². The summed E-state index contributed by atoms with van der Waals surface area (Å²) < 4.78 is 1.54. The van der Waals surface area contributed by atoms with Crippen LogP contribution in [0.1, 0.15) is 18.5 Å². The highest BCUT2D eigenvalue weighted by atomic mass is 32.1. The van der Waals surface area contributed by atoms with Crippen LogP contribution in [0, 0.1) is 0 Å². The molecule has 3 heterocycles. The first-order chi connectivity index (χ1) is 9.72. The lowest BCUT2D eigenvalue weighted by molar-refractivity contribution is 0.787. The minimum atomic E-state index is 0.0912. The van der Waals surface area contributed by atoms with Gasteiger partial charge in [-0.15, -0.1) is 0 Å². The predicted molar refractivity (Wildman–Crippen MR) is 77.7 cm³/mol. The molecule has 0 bridgehead atoms. The Bertz CT molecular complexity index is 678. The van der Waals surface area contributed by atoms with Gasteiger partial charge in [0.25, 0.3) is 5.95 Å². The molecular weight excluding hydrogens is 274 g/mol. The van der Waals surface area contributed by atoms with Crippen molar-refractivity contribution >= 4 is 23.2 Å². The van der Waals surface area contributed by atoms with Gasteiger partial charge in [-0.2, -0.15) is 31.4 Å². The first kappa shape index (κ1) is 12.5. The Morgan fingerprint density at radius 1 is 1.35 bits per heavy atom. The summed E-state index contributed by atoms with van der Waals surface area (Å²) in [4.78, 5) is 12.5. The van der Waals surface area contributed by atoms with Crippen LogP contribution >= 0.6 is 11.3 Å². The molecule has 0 radical (unpaired) electrons. The second-order valence-electron chi connectivity index (χ2n) is 4.19. The van der Waals surface area contributed by atoms with Crippen LogP contribution in [0.4, 0.5) is 11.9 Å². The van der Waals surface area contributed by atoms with Gasteiger partial charge in [-0.3, -0.25) is 0 Å². The summed E-state index contributed by atoms with van der Waals surface area (Å²) in [7, 11) is 0. The number of nitrogens with zero attached hydrogens (tertiary/aromatic N) is 5.